The topological polar surface area (TPSA) is 47.0 Å². The molecule has 1 N–H and O–H groups in total. The first-order chi connectivity index (χ1) is 6.72. The number of nitrogens with zero attached hydrogens (tertiary/aromatic N) is 2. The maximum atomic E-state index is 5.26. The Hall–Kier alpha value is -0.680. The second-order valence-electron chi connectivity index (χ2n) is 2.93. The van der Waals surface area contributed by atoms with Crippen molar-refractivity contribution in [2.24, 2.45) is 0 Å². The molecule has 1 aromatic rings. The van der Waals surface area contributed by atoms with E-state index in [4.69, 9.17) is 4.74 Å². The lowest BCUT2D eigenvalue weighted by Crippen LogP contribution is -2.22. The molecule has 0 bridgehead atoms. The molecule has 0 saturated carbocycles. The highest BCUT2D eigenvalue weighted by molar-refractivity contribution is 9.10. The highest BCUT2D eigenvalue weighted by atomic mass is 79.9. The first kappa shape index (κ1) is 11.4. The van der Waals surface area contributed by atoms with Crippen molar-refractivity contribution >= 4 is 21.9 Å². The second-order valence-corrected chi connectivity index (χ2v) is 3.85. The van der Waals surface area contributed by atoms with E-state index in [2.05, 4.69) is 31.2 Å². The van der Waals surface area contributed by atoms with Gasteiger partial charge in [-0.2, -0.15) is 0 Å². The highest BCUT2D eigenvalue weighted by Gasteiger charge is 2.02. The fourth-order valence-electron chi connectivity index (χ4n) is 0.943. The van der Waals surface area contributed by atoms with Crippen LogP contribution in [0.4, 0.5) is 5.95 Å². The van der Waals surface area contributed by atoms with Gasteiger partial charge in [0.15, 0.2) is 0 Å². The zero-order valence-electron chi connectivity index (χ0n) is 8.33. The molecule has 78 valence electrons. The van der Waals surface area contributed by atoms with Crippen LogP contribution in [0.3, 0.4) is 0 Å². The Morgan fingerprint density at radius 1 is 1.50 bits per heavy atom. The summed E-state index contributed by atoms with van der Waals surface area (Å²) in [5.41, 5.74) is 0. The average molecular weight is 260 g/mol. The Morgan fingerprint density at radius 3 is 2.71 bits per heavy atom. The third-order valence-electron chi connectivity index (χ3n) is 1.57. The summed E-state index contributed by atoms with van der Waals surface area (Å²) in [4.78, 5) is 8.20. The summed E-state index contributed by atoms with van der Waals surface area (Å²) in [7, 11) is 0. The zero-order chi connectivity index (χ0) is 10.4. The summed E-state index contributed by atoms with van der Waals surface area (Å²) in [6.45, 7) is 5.40. The average Bonchev–Trinajstić information content (AvgIpc) is 2.18. The number of anilines is 1. The molecule has 0 aliphatic heterocycles. The van der Waals surface area contributed by atoms with Gasteiger partial charge in [0.1, 0.15) is 0 Å². The van der Waals surface area contributed by atoms with Gasteiger partial charge in [0.25, 0.3) is 0 Å². The number of hydrogen-bond donors (Lipinski definition) is 1. The number of nitrogens with one attached hydrogen (secondary N) is 1. The first-order valence-electron chi connectivity index (χ1n) is 4.54. The molecule has 0 radical (unpaired) electrons. The van der Waals surface area contributed by atoms with Crippen LogP contribution < -0.4 is 5.32 Å². The van der Waals surface area contributed by atoms with Crippen LogP contribution in [0, 0.1) is 0 Å². The second kappa shape index (κ2) is 5.93. The summed E-state index contributed by atoms with van der Waals surface area (Å²) in [5, 5.41) is 3.14. The van der Waals surface area contributed by atoms with Crippen molar-refractivity contribution < 1.29 is 4.74 Å². The van der Waals surface area contributed by atoms with Gasteiger partial charge >= 0.3 is 0 Å². The SMILES string of the molecule is CCOCC(C)Nc1ncc(Br)cn1. The smallest absolute Gasteiger partial charge is 0.222 e. The van der Waals surface area contributed by atoms with Gasteiger partial charge in [-0.3, -0.25) is 0 Å². The Bertz CT molecular complexity index is 265. The molecule has 1 unspecified atom stereocenters. The molecule has 14 heavy (non-hydrogen) atoms. The Labute approximate surface area is 92.2 Å². The minimum absolute atomic E-state index is 0.219. The predicted molar refractivity (Wildman–Crippen MR) is 59.3 cm³/mol. The molecule has 1 aromatic heterocycles. The lowest BCUT2D eigenvalue weighted by atomic mass is 10.4. The van der Waals surface area contributed by atoms with E-state index in [1.807, 2.05) is 13.8 Å². The third kappa shape index (κ3) is 4.02. The lowest BCUT2D eigenvalue weighted by Gasteiger charge is -2.12. The molecular formula is C9H14BrN3O. The van der Waals surface area contributed by atoms with Crippen LogP contribution in [-0.4, -0.2) is 29.2 Å². The molecule has 1 rings (SSSR count). The predicted octanol–water partition coefficient (Wildman–Crippen LogP) is 2.08. The summed E-state index contributed by atoms with van der Waals surface area (Å²) in [6, 6.07) is 0.219. The highest BCUT2D eigenvalue weighted by Crippen LogP contribution is 2.07. The van der Waals surface area contributed by atoms with Gasteiger partial charge in [-0.25, -0.2) is 9.97 Å². The van der Waals surface area contributed by atoms with Gasteiger partial charge in [0, 0.05) is 25.0 Å². The van der Waals surface area contributed by atoms with Crippen LogP contribution in [0.15, 0.2) is 16.9 Å². The van der Waals surface area contributed by atoms with Crippen LogP contribution in [0.25, 0.3) is 0 Å². The fraction of sp³-hybridized carbons (Fsp3) is 0.556. The minimum atomic E-state index is 0.219. The van der Waals surface area contributed by atoms with Gasteiger partial charge in [-0.15, -0.1) is 0 Å². The van der Waals surface area contributed by atoms with Gasteiger partial charge in [0.05, 0.1) is 11.1 Å². The van der Waals surface area contributed by atoms with Gasteiger partial charge < -0.3 is 10.1 Å². The molecule has 0 aliphatic carbocycles. The first-order valence-corrected chi connectivity index (χ1v) is 5.33. The maximum absolute atomic E-state index is 5.26. The van der Waals surface area contributed by atoms with Crippen molar-refractivity contribution in [3.63, 3.8) is 0 Å². The minimum Gasteiger partial charge on any atom is -0.380 e. The zero-order valence-corrected chi connectivity index (χ0v) is 9.91. The number of halogens is 1. The molecule has 0 saturated heterocycles. The molecule has 0 spiro atoms. The summed E-state index contributed by atoms with van der Waals surface area (Å²) in [6.07, 6.45) is 3.42. The normalized spacial score (nSPS) is 12.5. The lowest BCUT2D eigenvalue weighted by molar-refractivity contribution is 0.141. The summed E-state index contributed by atoms with van der Waals surface area (Å²) in [5.74, 6) is 0.625. The van der Waals surface area contributed by atoms with E-state index in [9.17, 15) is 0 Å². The van der Waals surface area contributed by atoms with E-state index in [1.165, 1.54) is 0 Å². The van der Waals surface area contributed by atoms with Crippen LogP contribution >= 0.6 is 15.9 Å². The van der Waals surface area contributed by atoms with E-state index in [1.54, 1.807) is 12.4 Å². The van der Waals surface area contributed by atoms with Crippen molar-refractivity contribution in [3.05, 3.63) is 16.9 Å². The van der Waals surface area contributed by atoms with E-state index >= 15 is 0 Å². The van der Waals surface area contributed by atoms with Crippen molar-refractivity contribution in [2.45, 2.75) is 19.9 Å². The molecule has 4 nitrogen and oxygen atoms in total. The van der Waals surface area contributed by atoms with Crippen LogP contribution in [0.1, 0.15) is 13.8 Å². The number of hydrogen-bond acceptors (Lipinski definition) is 4. The Balaban J connectivity index is 2.39. The van der Waals surface area contributed by atoms with Gasteiger partial charge in [-0.1, -0.05) is 0 Å². The molecule has 0 aromatic carbocycles. The van der Waals surface area contributed by atoms with Crippen LogP contribution in [0.2, 0.25) is 0 Å². The molecule has 1 atom stereocenters. The molecular weight excluding hydrogens is 246 g/mol. The van der Waals surface area contributed by atoms with E-state index in [0.717, 1.165) is 11.1 Å². The monoisotopic (exact) mass is 259 g/mol. The quantitative estimate of drug-likeness (QED) is 0.880. The Kier molecular flexibility index (Phi) is 4.82. The van der Waals surface area contributed by atoms with E-state index in [0.29, 0.717) is 12.6 Å². The Morgan fingerprint density at radius 2 is 2.14 bits per heavy atom. The molecule has 0 fully saturated rings. The molecule has 0 aliphatic rings. The van der Waals surface area contributed by atoms with Gasteiger partial charge in [-0.05, 0) is 29.8 Å². The van der Waals surface area contributed by atoms with Crippen molar-refractivity contribution in [2.75, 3.05) is 18.5 Å². The van der Waals surface area contributed by atoms with Crippen molar-refractivity contribution in [3.8, 4) is 0 Å². The fourth-order valence-corrected chi connectivity index (χ4v) is 1.15. The van der Waals surface area contributed by atoms with Crippen LogP contribution in [0.5, 0.6) is 0 Å². The third-order valence-corrected chi connectivity index (χ3v) is 1.98. The number of ether oxygens (including phenoxy) is 1. The van der Waals surface area contributed by atoms with Crippen LogP contribution in [-0.2, 0) is 4.74 Å². The van der Waals surface area contributed by atoms with Gasteiger partial charge in [0.2, 0.25) is 5.95 Å². The molecule has 5 heteroatoms. The number of aromatic nitrogens is 2. The number of rotatable bonds is 5. The summed E-state index contributed by atoms with van der Waals surface area (Å²) < 4.78 is 6.14. The maximum Gasteiger partial charge on any atom is 0.222 e. The summed E-state index contributed by atoms with van der Waals surface area (Å²) >= 11 is 3.28. The molecule has 1 heterocycles. The van der Waals surface area contributed by atoms with E-state index < -0.39 is 0 Å². The standard InChI is InChI=1S/C9H14BrN3O/c1-3-14-6-7(2)13-9-11-4-8(10)5-12-9/h4-5,7H,3,6H2,1-2H3,(H,11,12,13). The van der Waals surface area contributed by atoms with E-state index in [-0.39, 0.29) is 6.04 Å². The largest absolute Gasteiger partial charge is 0.380 e. The molecule has 0 amide bonds. The van der Waals surface area contributed by atoms with Crippen molar-refractivity contribution in [1.82, 2.24) is 9.97 Å². The van der Waals surface area contributed by atoms with Crippen molar-refractivity contribution in [1.29, 1.82) is 0 Å².